The largest absolute Gasteiger partial charge is 0.444 e. The normalized spacial score (nSPS) is 14.7. The predicted octanol–water partition coefficient (Wildman–Crippen LogP) is 5.12. The molecule has 1 fully saturated rings. The van der Waals surface area contributed by atoms with Crippen molar-refractivity contribution in [2.45, 2.75) is 33.3 Å². The molecule has 1 N–H and O–H groups in total. The Morgan fingerprint density at radius 3 is 2.47 bits per heavy atom. The van der Waals surface area contributed by atoms with Crippen molar-refractivity contribution in [1.29, 1.82) is 0 Å². The molecule has 10 heteroatoms. The summed E-state index contributed by atoms with van der Waals surface area (Å²) in [6.45, 7) is 10.5. The summed E-state index contributed by atoms with van der Waals surface area (Å²) in [5, 5.41) is 0. The van der Waals surface area contributed by atoms with Gasteiger partial charge in [0.2, 0.25) is 0 Å². The summed E-state index contributed by atoms with van der Waals surface area (Å²) in [4.78, 5) is 32.5. The highest BCUT2D eigenvalue weighted by atomic mass is 127. The Hall–Kier alpha value is -2.23. The monoisotopic (exact) mass is 596 g/mol. The van der Waals surface area contributed by atoms with E-state index in [2.05, 4.69) is 21.4 Å². The van der Waals surface area contributed by atoms with Crippen LogP contribution in [0.15, 0.2) is 42.6 Å². The highest BCUT2D eigenvalue weighted by Crippen LogP contribution is 2.26. The number of nitrogens with zero attached hydrogens (tertiary/aromatic N) is 3. The zero-order valence-corrected chi connectivity index (χ0v) is 23.0. The molecule has 1 saturated heterocycles. The van der Waals surface area contributed by atoms with E-state index in [1.54, 1.807) is 11.0 Å². The topological polar surface area (TPSA) is 84.0 Å². The molecule has 1 unspecified atom stereocenters. The number of hydrogen-bond donors (Lipinski definition) is 1. The molecule has 1 aromatic carbocycles. The van der Waals surface area contributed by atoms with Crippen LogP contribution in [-0.4, -0.2) is 53.7 Å². The Kier molecular flexibility index (Phi) is 9.27. The van der Waals surface area contributed by atoms with Gasteiger partial charge in [0.1, 0.15) is 17.9 Å². The van der Waals surface area contributed by atoms with Crippen molar-refractivity contribution in [3.63, 3.8) is 0 Å². The van der Waals surface area contributed by atoms with E-state index in [1.165, 1.54) is 6.08 Å². The maximum absolute atomic E-state index is 12.3. The molecule has 34 heavy (non-hydrogen) atoms. The van der Waals surface area contributed by atoms with Crippen LogP contribution < -0.4 is 10.4 Å². The van der Waals surface area contributed by atoms with E-state index < -0.39 is 5.60 Å². The fourth-order valence-corrected chi connectivity index (χ4v) is 4.04. The molecule has 2 heterocycles. The van der Waals surface area contributed by atoms with Crippen LogP contribution in [0.2, 0.25) is 0 Å². The number of hydroxylamine groups is 1. The van der Waals surface area contributed by atoms with Crippen molar-refractivity contribution in [3.05, 3.63) is 53.7 Å². The average Bonchev–Trinajstić information content (AvgIpc) is 2.80. The molecule has 0 aliphatic carbocycles. The molecule has 1 aliphatic rings. The number of carbonyl (C=O) groups excluding carboxylic acids is 2. The van der Waals surface area contributed by atoms with Crippen molar-refractivity contribution in [3.8, 4) is 11.1 Å². The number of ether oxygens (including phenoxy) is 1. The molecule has 182 valence electrons. The Morgan fingerprint density at radius 2 is 1.88 bits per heavy atom. The number of halogens is 1. The van der Waals surface area contributed by atoms with Gasteiger partial charge in [-0.2, -0.15) is 0 Å². The molecule has 1 atom stereocenters. The zero-order chi connectivity index (χ0) is 24.7. The second kappa shape index (κ2) is 12.0. The number of carbonyl (C=O) groups is 2. The standard InChI is InChI=1S/C24H30IN4O4P/c1-17-15-18(6-10-22(30)27-33-34-25)5-8-20(17)19-7-9-21(26-16-19)28-11-13-29(14-12-28)23(31)32-24(2,3)4/h5-10,15-16,34H,11-14H2,1-4H3,(H,27,30)/b10-6+. The van der Waals surface area contributed by atoms with E-state index in [1.807, 2.05) is 80.2 Å². The number of benzene rings is 1. The van der Waals surface area contributed by atoms with Crippen molar-refractivity contribution in [2.24, 2.45) is 0 Å². The minimum absolute atomic E-state index is 0.172. The maximum Gasteiger partial charge on any atom is 0.410 e. The average molecular weight is 596 g/mol. The van der Waals surface area contributed by atoms with Gasteiger partial charge < -0.3 is 14.5 Å². The number of aryl methyl sites for hydroxylation is 1. The van der Waals surface area contributed by atoms with E-state index in [-0.39, 0.29) is 18.5 Å². The predicted molar refractivity (Wildman–Crippen MR) is 145 cm³/mol. The third kappa shape index (κ3) is 7.65. The van der Waals surface area contributed by atoms with Crippen molar-refractivity contribution >= 4 is 52.4 Å². The van der Waals surface area contributed by atoms with Crippen LogP contribution in [0.4, 0.5) is 10.6 Å². The highest BCUT2D eigenvalue weighted by molar-refractivity contribution is 14.2. The van der Waals surface area contributed by atoms with Crippen molar-refractivity contribution < 1.29 is 19.0 Å². The second-order valence-electron chi connectivity index (χ2n) is 8.91. The number of aromatic nitrogens is 1. The summed E-state index contributed by atoms with van der Waals surface area (Å²) in [6.07, 6.45) is 4.82. The van der Waals surface area contributed by atoms with Crippen LogP contribution >= 0.6 is 28.5 Å². The van der Waals surface area contributed by atoms with Crippen LogP contribution in [0.5, 0.6) is 0 Å². The minimum Gasteiger partial charge on any atom is -0.444 e. The van der Waals surface area contributed by atoms with E-state index in [0.29, 0.717) is 26.2 Å². The number of amides is 2. The van der Waals surface area contributed by atoms with Crippen LogP contribution in [0, 0.1) is 6.92 Å². The van der Waals surface area contributed by atoms with Crippen LogP contribution in [0.25, 0.3) is 17.2 Å². The fourth-order valence-electron chi connectivity index (χ4n) is 3.57. The first-order valence-corrected chi connectivity index (χ1v) is 15.0. The van der Waals surface area contributed by atoms with Gasteiger partial charge in [-0.25, -0.2) is 19.9 Å². The molecule has 0 radical (unpaired) electrons. The summed E-state index contributed by atoms with van der Waals surface area (Å²) in [5.74, 6) is 0.600. The molecular formula is C24H30IN4O4P. The van der Waals surface area contributed by atoms with Gasteiger partial charge in [0.25, 0.3) is 5.91 Å². The number of pyridine rings is 1. The molecule has 0 bridgehead atoms. The molecule has 0 saturated carbocycles. The number of hydrogen-bond acceptors (Lipinski definition) is 6. The lowest BCUT2D eigenvalue weighted by Gasteiger charge is -2.36. The van der Waals surface area contributed by atoms with E-state index in [0.717, 1.165) is 28.1 Å². The highest BCUT2D eigenvalue weighted by Gasteiger charge is 2.26. The van der Waals surface area contributed by atoms with Crippen LogP contribution in [-0.2, 0) is 14.2 Å². The summed E-state index contributed by atoms with van der Waals surface area (Å²) in [6, 6.07) is 10.1. The van der Waals surface area contributed by atoms with Crippen LogP contribution in [0.3, 0.4) is 0 Å². The summed E-state index contributed by atoms with van der Waals surface area (Å²) in [7, 11) is 0. The zero-order valence-electron chi connectivity index (χ0n) is 19.8. The number of rotatable bonds is 6. The number of piperazine rings is 1. The van der Waals surface area contributed by atoms with Gasteiger partial charge in [0.15, 0.2) is 0 Å². The quantitative estimate of drug-likeness (QED) is 0.216. The summed E-state index contributed by atoms with van der Waals surface area (Å²) < 4.78 is 10.4. The van der Waals surface area contributed by atoms with Crippen molar-refractivity contribution in [2.75, 3.05) is 31.1 Å². The van der Waals surface area contributed by atoms with Crippen LogP contribution in [0.1, 0.15) is 31.9 Å². The lowest BCUT2D eigenvalue weighted by molar-refractivity contribution is -0.122. The third-order valence-corrected chi connectivity index (χ3v) is 6.02. The molecular weight excluding hydrogens is 566 g/mol. The van der Waals surface area contributed by atoms with Gasteiger partial charge in [-0.1, -0.05) is 18.2 Å². The third-order valence-electron chi connectivity index (χ3n) is 5.18. The van der Waals surface area contributed by atoms with E-state index in [9.17, 15) is 9.59 Å². The lowest BCUT2D eigenvalue weighted by Crippen LogP contribution is -2.50. The molecule has 8 nitrogen and oxygen atoms in total. The summed E-state index contributed by atoms with van der Waals surface area (Å²) >= 11 is 2.04. The van der Waals surface area contributed by atoms with Gasteiger partial charge in [-0.3, -0.25) is 4.79 Å². The molecule has 2 amide bonds. The van der Waals surface area contributed by atoms with Gasteiger partial charge in [0, 0.05) is 44.0 Å². The number of nitrogens with one attached hydrogen (secondary N) is 1. The van der Waals surface area contributed by atoms with Gasteiger partial charge >= 0.3 is 6.09 Å². The fraction of sp³-hybridized carbons (Fsp3) is 0.375. The van der Waals surface area contributed by atoms with Gasteiger partial charge in [-0.05, 0) is 84.6 Å². The first kappa shape index (κ1) is 26.4. The number of anilines is 1. The molecule has 1 aliphatic heterocycles. The second-order valence-corrected chi connectivity index (χ2v) is 10.6. The Bertz CT molecular complexity index is 1030. The Labute approximate surface area is 215 Å². The molecule has 1 aromatic heterocycles. The van der Waals surface area contributed by atoms with E-state index >= 15 is 0 Å². The SMILES string of the molecule is Cc1cc(/C=C/C(=O)NOPI)ccc1-c1ccc(N2CCN(C(=O)OC(C)(C)C)CC2)nc1. The maximum atomic E-state index is 12.3. The first-order valence-electron chi connectivity index (χ1n) is 11.0. The molecule has 0 spiro atoms. The molecule has 2 aromatic rings. The smallest absolute Gasteiger partial charge is 0.410 e. The van der Waals surface area contributed by atoms with E-state index in [4.69, 9.17) is 9.36 Å². The Morgan fingerprint density at radius 1 is 1.15 bits per heavy atom. The summed E-state index contributed by atoms with van der Waals surface area (Å²) in [5.41, 5.74) is 5.99. The van der Waals surface area contributed by atoms with Gasteiger partial charge in [-0.15, -0.1) is 0 Å². The van der Waals surface area contributed by atoms with Crippen molar-refractivity contribution in [1.82, 2.24) is 15.4 Å². The lowest BCUT2D eigenvalue weighted by atomic mass is 9.99. The minimum atomic E-state index is -0.490. The molecule has 3 rings (SSSR count). The Balaban J connectivity index is 1.60. The first-order chi connectivity index (χ1) is 16.2. The van der Waals surface area contributed by atoms with Gasteiger partial charge in [0.05, 0.1) is 0 Å².